The summed E-state index contributed by atoms with van der Waals surface area (Å²) in [7, 11) is 0. The van der Waals surface area contributed by atoms with E-state index in [-0.39, 0.29) is 11.9 Å². The molecular weight excluding hydrogens is 430 g/mol. The van der Waals surface area contributed by atoms with Crippen LogP contribution in [0.15, 0.2) is 67.3 Å². The molecule has 1 atom stereocenters. The number of ether oxygens (including phenoxy) is 1. The van der Waals surface area contributed by atoms with Crippen LogP contribution < -0.4 is 0 Å². The molecule has 2 aromatic heterocycles. The molecule has 1 saturated heterocycles. The minimum absolute atomic E-state index is 0.104. The molecule has 3 heterocycles. The van der Waals surface area contributed by atoms with Crippen molar-refractivity contribution in [1.82, 2.24) is 34.9 Å². The van der Waals surface area contributed by atoms with E-state index in [4.69, 9.17) is 16.3 Å². The van der Waals surface area contributed by atoms with Crippen molar-refractivity contribution in [2.24, 2.45) is 0 Å². The number of halogens is 1. The fraction of sp³-hybridized carbons (Fsp3) is 0.227. The van der Waals surface area contributed by atoms with Crippen molar-refractivity contribution in [3.63, 3.8) is 0 Å². The lowest BCUT2D eigenvalue weighted by molar-refractivity contribution is -0.00165. The van der Waals surface area contributed by atoms with Crippen LogP contribution in [0.3, 0.4) is 0 Å². The maximum atomic E-state index is 13.6. The van der Waals surface area contributed by atoms with Gasteiger partial charge in [-0.05, 0) is 42.3 Å². The van der Waals surface area contributed by atoms with Gasteiger partial charge in [0, 0.05) is 11.6 Å². The second-order valence-corrected chi connectivity index (χ2v) is 7.84. The summed E-state index contributed by atoms with van der Waals surface area (Å²) < 4.78 is 5.72. The van der Waals surface area contributed by atoms with Crippen molar-refractivity contribution in [1.29, 1.82) is 0 Å². The molecule has 2 aromatic carbocycles. The van der Waals surface area contributed by atoms with Gasteiger partial charge < -0.3 is 9.64 Å². The Morgan fingerprint density at radius 1 is 1.00 bits per heavy atom. The number of hydrogen-bond acceptors (Lipinski definition) is 6. The maximum absolute atomic E-state index is 13.6. The van der Waals surface area contributed by atoms with E-state index in [0.717, 1.165) is 11.3 Å². The first-order valence-electron chi connectivity index (χ1n) is 10.2. The lowest BCUT2D eigenvalue weighted by atomic mass is 10.0. The highest BCUT2D eigenvalue weighted by molar-refractivity contribution is 6.31. The normalized spacial score (nSPS) is 16.3. The minimum atomic E-state index is -0.119. The number of rotatable bonds is 5. The molecule has 0 unspecified atom stereocenters. The summed E-state index contributed by atoms with van der Waals surface area (Å²) in [4.78, 5) is 18.5. The Kier molecular flexibility index (Phi) is 5.66. The van der Waals surface area contributed by atoms with E-state index in [2.05, 4.69) is 20.4 Å². The maximum Gasteiger partial charge on any atom is 0.256 e. The van der Waals surface area contributed by atoms with E-state index in [9.17, 15) is 4.79 Å². The highest BCUT2D eigenvalue weighted by atomic mass is 35.5. The lowest BCUT2D eigenvalue weighted by Crippen LogP contribution is -2.50. The summed E-state index contributed by atoms with van der Waals surface area (Å²) >= 11 is 6.19. The second kappa shape index (κ2) is 8.89. The number of carbonyl (C=O) groups excluding carboxylic acids is 1. The molecule has 0 spiro atoms. The predicted octanol–water partition coefficient (Wildman–Crippen LogP) is 2.59. The molecule has 0 saturated carbocycles. The van der Waals surface area contributed by atoms with Gasteiger partial charge in [0.25, 0.3) is 5.91 Å². The van der Waals surface area contributed by atoms with E-state index in [1.165, 1.54) is 4.80 Å². The molecule has 0 bridgehead atoms. The molecule has 10 heteroatoms. The van der Waals surface area contributed by atoms with E-state index < -0.39 is 0 Å². The zero-order chi connectivity index (χ0) is 21.9. The Morgan fingerprint density at radius 2 is 1.75 bits per heavy atom. The molecule has 162 valence electrons. The second-order valence-electron chi connectivity index (χ2n) is 7.40. The first kappa shape index (κ1) is 20.3. The third-order valence-electron chi connectivity index (χ3n) is 5.34. The van der Waals surface area contributed by atoms with Crippen molar-refractivity contribution < 1.29 is 9.53 Å². The van der Waals surface area contributed by atoms with Crippen LogP contribution in [0, 0.1) is 0 Å². The number of carbonyl (C=O) groups is 1. The van der Waals surface area contributed by atoms with Gasteiger partial charge in [0.1, 0.15) is 0 Å². The van der Waals surface area contributed by atoms with Crippen LogP contribution in [0.1, 0.15) is 15.9 Å². The van der Waals surface area contributed by atoms with Gasteiger partial charge in [-0.3, -0.25) is 4.79 Å². The first-order valence-corrected chi connectivity index (χ1v) is 10.6. The van der Waals surface area contributed by atoms with Crippen LogP contribution in [0.5, 0.6) is 0 Å². The summed E-state index contributed by atoms with van der Waals surface area (Å²) in [6.07, 6.45) is 7.05. The van der Waals surface area contributed by atoms with Gasteiger partial charge in [-0.1, -0.05) is 23.7 Å². The zero-order valence-corrected chi connectivity index (χ0v) is 17.8. The topological polar surface area (TPSA) is 91.0 Å². The first-order chi connectivity index (χ1) is 15.7. The minimum Gasteiger partial charge on any atom is -0.377 e. The van der Waals surface area contributed by atoms with E-state index in [1.54, 1.807) is 47.8 Å². The molecule has 0 aliphatic carbocycles. The molecule has 1 amide bonds. The predicted molar refractivity (Wildman–Crippen MR) is 117 cm³/mol. The summed E-state index contributed by atoms with van der Waals surface area (Å²) in [6.45, 7) is 1.44. The smallest absolute Gasteiger partial charge is 0.256 e. The van der Waals surface area contributed by atoms with Crippen LogP contribution in [0.2, 0.25) is 5.02 Å². The Morgan fingerprint density at radius 3 is 2.53 bits per heavy atom. The molecule has 9 nitrogen and oxygen atoms in total. The van der Waals surface area contributed by atoms with Gasteiger partial charge in [-0.25, -0.2) is 0 Å². The van der Waals surface area contributed by atoms with E-state index in [1.807, 2.05) is 29.2 Å². The third kappa shape index (κ3) is 4.12. The molecule has 1 aliphatic heterocycles. The van der Waals surface area contributed by atoms with Crippen LogP contribution in [-0.4, -0.2) is 66.6 Å². The van der Waals surface area contributed by atoms with E-state index in [0.29, 0.717) is 42.5 Å². The quantitative estimate of drug-likeness (QED) is 0.465. The summed E-state index contributed by atoms with van der Waals surface area (Å²) in [5.41, 5.74) is 2.97. The summed E-state index contributed by atoms with van der Waals surface area (Å²) in [5, 5.41) is 17.2. The van der Waals surface area contributed by atoms with Crippen molar-refractivity contribution in [3.8, 4) is 11.4 Å². The van der Waals surface area contributed by atoms with Crippen molar-refractivity contribution in [2.75, 3.05) is 19.8 Å². The number of morpholine rings is 1. The highest BCUT2D eigenvalue weighted by Gasteiger charge is 2.30. The molecule has 5 rings (SSSR count). The van der Waals surface area contributed by atoms with Gasteiger partial charge in [0.15, 0.2) is 0 Å². The van der Waals surface area contributed by atoms with Gasteiger partial charge in [0.2, 0.25) is 0 Å². The van der Waals surface area contributed by atoms with Crippen LogP contribution in [-0.2, 0) is 11.2 Å². The molecule has 1 fully saturated rings. The Bertz CT molecular complexity index is 1210. The third-order valence-corrected chi connectivity index (χ3v) is 5.58. The average molecular weight is 450 g/mol. The monoisotopic (exact) mass is 449 g/mol. The number of hydrogen-bond donors (Lipinski definition) is 0. The van der Waals surface area contributed by atoms with Gasteiger partial charge >= 0.3 is 0 Å². The molecule has 4 aromatic rings. The highest BCUT2D eigenvalue weighted by Crippen LogP contribution is 2.24. The van der Waals surface area contributed by atoms with Crippen LogP contribution in [0.25, 0.3) is 11.4 Å². The zero-order valence-electron chi connectivity index (χ0n) is 17.1. The number of aromatic nitrogens is 6. The number of benzene rings is 2. The van der Waals surface area contributed by atoms with Gasteiger partial charge in [-0.15, -0.1) is 0 Å². The van der Waals surface area contributed by atoms with Crippen LogP contribution in [0.4, 0.5) is 0 Å². The van der Waals surface area contributed by atoms with Crippen molar-refractivity contribution in [3.05, 3.63) is 83.4 Å². The number of amides is 1. The molecule has 0 N–H and O–H groups in total. The Labute approximate surface area is 189 Å². The largest absolute Gasteiger partial charge is 0.377 e. The lowest BCUT2D eigenvalue weighted by Gasteiger charge is -2.36. The van der Waals surface area contributed by atoms with Gasteiger partial charge in [0.05, 0.1) is 61.0 Å². The Hall–Kier alpha value is -3.56. The Balaban J connectivity index is 1.42. The fourth-order valence-electron chi connectivity index (χ4n) is 3.87. The number of nitrogens with zero attached hydrogens (tertiary/aromatic N) is 7. The standard InChI is InChI=1S/C22H20ClN7O2/c23-17-4-5-20(21(14-17)30-26-8-9-27-30)22(31)28-10-11-32-15-19(28)13-16-2-1-3-18(12-16)29-24-6-7-25-29/h1-9,12,14,19H,10-11,13,15H2/t19-/m1/s1. The van der Waals surface area contributed by atoms with Gasteiger partial charge in [-0.2, -0.15) is 30.0 Å². The fourth-order valence-corrected chi connectivity index (χ4v) is 4.03. The van der Waals surface area contributed by atoms with Crippen LogP contribution >= 0.6 is 11.6 Å². The van der Waals surface area contributed by atoms with E-state index >= 15 is 0 Å². The van der Waals surface area contributed by atoms with Crippen molar-refractivity contribution in [2.45, 2.75) is 12.5 Å². The molecule has 1 aliphatic rings. The molecular formula is C22H20ClN7O2. The van der Waals surface area contributed by atoms with Crippen molar-refractivity contribution >= 4 is 17.5 Å². The molecule has 32 heavy (non-hydrogen) atoms. The molecule has 0 radical (unpaired) electrons. The summed E-state index contributed by atoms with van der Waals surface area (Å²) in [6, 6.07) is 13.0. The summed E-state index contributed by atoms with van der Waals surface area (Å²) in [5.74, 6) is -0.104. The SMILES string of the molecule is O=C(c1ccc(Cl)cc1-n1nccn1)N1CCOC[C@H]1Cc1cccc(-n2nccn2)c1. The average Bonchev–Trinajstić information content (AvgIpc) is 3.54.